The average Bonchev–Trinajstić information content (AvgIpc) is 1.49. The Hall–Kier alpha value is -12.5. The summed E-state index contributed by atoms with van der Waals surface area (Å²) in [5.41, 5.74) is -8.41. The molecule has 5 aliphatic rings. The molecule has 16 rings (SSSR count). The molecule has 5 fully saturated rings. The van der Waals surface area contributed by atoms with Crippen molar-refractivity contribution in [3.63, 3.8) is 0 Å². The van der Waals surface area contributed by atoms with Crippen LogP contribution < -0.4 is 56.2 Å². The Morgan fingerprint density at radius 2 is 0.643 bits per heavy atom. The van der Waals surface area contributed by atoms with Crippen LogP contribution in [0.25, 0.3) is 11.0 Å². The van der Waals surface area contributed by atoms with Gasteiger partial charge in [-0.2, -0.15) is 17.6 Å². The minimum atomic E-state index is -3.50. The molecule has 6 aromatic heterocycles. The van der Waals surface area contributed by atoms with Gasteiger partial charge in [0.1, 0.15) is 126 Å². The Balaban J connectivity index is 0.000000157. The van der Waals surface area contributed by atoms with Crippen LogP contribution in [0.4, 0.5) is 39.5 Å². The van der Waals surface area contributed by atoms with Gasteiger partial charge in [-0.1, -0.05) is 84.0 Å². The molecular weight excluding hydrogens is 1890 g/mol. The molecule has 0 saturated carbocycles. The molecular formula is C89H96F9N11O31. The molecule has 5 aliphatic heterocycles. The molecule has 0 radical (unpaired) electrons. The lowest BCUT2D eigenvalue weighted by Gasteiger charge is -2.22. The topological polar surface area (TPSA) is 596 Å². The molecule has 0 aliphatic carbocycles. The van der Waals surface area contributed by atoms with E-state index in [1.807, 2.05) is 0 Å². The van der Waals surface area contributed by atoms with Crippen molar-refractivity contribution in [2.75, 3.05) is 33.0 Å². The Morgan fingerprint density at radius 3 is 0.950 bits per heavy atom. The number of nitrogens with zero attached hydrogens (tertiary/aromatic N) is 11. The lowest BCUT2D eigenvalue weighted by atomic mass is 10.1. The van der Waals surface area contributed by atoms with Crippen LogP contribution in [0.1, 0.15) is 81.3 Å². The molecule has 0 spiro atoms. The lowest BCUT2D eigenvalue weighted by Crippen LogP contribution is -2.46. The zero-order valence-corrected chi connectivity index (χ0v) is 74.0. The second-order valence-electron chi connectivity index (χ2n) is 33.1. The third-order valence-electron chi connectivity index (χ3n) is 23.7. The first-order valence-electron chi connectivity index (χ1n) is 42.8. The van der Waals surface area contributed by atoms with Crippen molar-refractivity contribution in [3.8, 4) is 0 Å². The van der Waals surface area contributed by atoms with E-state index in [1.54, 1.807) is 12.1 Å². The van der Waals surface area contributed by atoms with Crippen LogP contribution in [0.5, 0.6) is 0 Å². The van der Waals surface area contributed by atoms with Crippen LogP contribution in [0.2, 0.25) is 0 Å². The van der Waals surface area contributed by atoms with Gasteiger partial charge in [0.2, 0.25) is 0 Å². The molecule has 11 aromatic rings. The first kappa shape index (κ1) is 106. The van der Waals surface area contributed by atoms with Crippen molar-refractivity contribution in [2.45, 2.75) is 208 Å². The smallest absolute Gasteiger partial charge is 0.333 e. The number of fused-ring (bicyclic) bond motifs is 1. The summed E-state index contributed by atoms with van der Waals surface area (Å²) < 4.78 is 166. The van der Waals surface area contributed by atoms with Crippen molar-refractivity contribution in [1.82, 2.24) is 50.8 Å². The molecule has 0 bridgehead atoms. The van der Waals surface area contributed by atoms with Crippen LogP contribution >= 0.6 is 0 Å². The Morgan fingerprint density at radius 1 is 0.343 bits per heavy atom. The number of aromatic nitrogens is 11. The molecule has 756 valence electrons. The monoisotopic (exact) mass is 1990 g/mol. The van der Waals surface area contributed by atoms with Gasteiger partial charge < -0.3 is 105 Å². The first-order chi connectivity index (χ1) is 66.2. The van der Waals surface area contributed by atoms with Gasteiger partial charge in [0.05, 0.1) is 58.1 Å². The molecule has 5 aromatic carbocycles. The van der Waals surface area contributed by atoms with Gasteiger partial charge in [0, 0.05) is 95.7 Å². The Labute approximate surface area is 779 Å². The molecule has 11 heterocycles. The van der Waals surface area contributed by atoms with Crippen molar-refractivity contribution >= 4 is 11.0 Å². The van der Waals surface area contributed by atoms with E-state index < -0.39 is 266 Å². The Bertz CT molecular complexity index is 6600. The molecule has 51 heteroatoms. The molecule has 0 amide bonds. The van der Waals surface area contributed by atoms with E-state index in [2.05, 4.69) is 5.16 Å². The number of hydrogen-bond donors (Lipinski definition) is 15. The summed E-state index contributed by atoms with van der Waals surface area (Å²) in [7, 11) is 0. The number of ether oxygens (including phenoxy) is 5. The SMILES string of the molecule is Cc1cn([C@@H]2O[C@H](CO)[C@H](O)C2O)c(=O)n(CC(F)(F)c2ccccc2)c1=O.Cc1cn([C@@H]2O[C@H](CO)[C@H](O)C2O)c(=O)n(CC(F)(F)c2ccccc2)c1=O.Cc1cn([C@@H]2O[C@H](CO)[C@H](O)C2O)c(=O)n(CCc2ccc(F)cc2F)c1=O.Cc1cn([C@@H]2O[C@H](CO)[C@H](O)C2O)c(=O)n(CCc2ccc(F)cc2F)c1=O.O=c1ccn([C@@H]2O[C@H](CO)[C@H](O)C2O)c(=O)n1Cc1noc2cccc(F)c12. The predicted octanol–water partition coefficient (Wildman–Crippen LogP) is -2.70. The van der Waals surface area contributed by atoms with Gasteiger partial charge in [0.15, 0.2) is 36.7 Å². The van der Waals surface area contributed by atoms with Crippen LogP contribution in [-0.2, 0) is 81.1 Å². The second kappa shape index (κ2) is 44.6. The van der Waals surface area contributed by atoms with Gasteiger partial charge in [-0.05, 0) is 75.9 Å². The zero-order chi connectivity index (χ0) is 102. The quantitative estimate of drug-likeness (QED) is 0.0274. The summed E-state index contributed by atoms with van der Waals surface area (Å²) in [5, 5.41) is 150. The average molecular weight is 1990 g/mol. The van der Waals surface area contributed by atoms with E-state index in [1.165, 1.54) is 119 Å². The van der Waals surface area contributed by atoms with E-state index in [4.69, 9.17) is 28.2 Å². The molecule has 15 N–H and O–H groups in total. The fraction of sp³-hybridized carbons (Fsp3) is 0.427. The van der Waals surface area contributed by atoms with E-state index in [9.17, 15) is 164 Å². The molecule has 140 heavy (non-hydrogen) atoms. The fourth-order valence-electron chi connectivity index (χ4n) is 16.0. The number of rotatable bonds is 24. The summed E-state index contributed by atoms with van der Waals surface area (Å²) in [4.78, 5) is 126. The maximum absolute atomic E-state index is 14.6. The number of hydrogen-bond acceptors (Lipinski definition) is 32. The number of alkyl halides is 4. The van der Waals surface area contributed by atoms with Gasteiger partial charge in [0.25, 0.3) is 39.6 Å². The Kier molecular flexibility index (Phi) is 33.9. The largest absolute Gasteiger partial charge is 0.394 e. The third kappa shape index (κ3) is 22.3. The molecule has 5 unspecified atom stereocenters. The molecule has 5 saturated heterocycles. The lowest BCUT2D eigenvalue weighted by molar-refractivity contribution is -0.0578. The molecule has 42 nitrogen and oxygen atoms in total. The number of halogens is 9. The second-order valence-corrected chi connectivity index (χ2v) is 33.1. The van der Waals surface area contributed by atoms with Crippen molar-refractivity contribution in [2.24, 2.45) is 0 Å². The van der Waals surface area contributed by atoms with Crippen LogP contribution in [0.15, 0.2) is 205 Å². The highest BCUT2D eigenvalue weighted by Gasteiger charge is 2.50. The highest BCUT2D eigenvalue weighted by Crippen LogP contribution is 2.36. The number of aliphatic hydroxyl groups is 15. The first-order valence-corrected chi connectivity index (χ1v) is 42.8. The van der Waals surface area contributed by atoms with Gasteiger partial charge in [-0.25, -0.2) is 45.9 Å². The number of benzene rings is 5. The standard InChI is InChI=1S/4C18H20F2N2O6.C17H16FN3O7/c2*1-9-7-22(17-15(25)14(24)13(8-23)28-17)18(27)21(16(9)26)5-4-10-2-3-11(19)6-12(10)20;2*1-10-7-21(16-14(25)13(24)12(8-23)28-16)17(27)22(15(10)26)9-18(19,20)11-5-3-2-4-6-11;18-8-2-1-3-10-13(8)9(19-28-10)6-21-12(23)4-5-20(17(21)26)16-15(25)14(24)11(7-22)27-16/h2*2-3,6-7,13-15,17,23-25H,4-5,8H2,1H3;2*2-7,12-14,16,23-25H,8-9H2,1H3;1-5,11,14-16,22,24-25H,6-7H2/t2*13-,14+,15?,17-;2*12-,13+,14?,16-;11-,14+,15?,16-/m11111/s1. The normalized spacial score (nSPS) is 24.9. The number of aryl methyl sites for hydroxylation is 6. The van der Waals surface area contributed by atoms with Crippen molar-refractivity contribution in [1.29, 1.82) is 0 Å². The summed E-state index contributed by atoms with van der Waals surface area (Å²) in [6.07, 6.45) is -21.6. The minimum Gasteiger partial charge on any atom is -0.394 e. The molecule has 20 atom stereocenters. The van der Waals surface area contributed by atoms with Gasteiger partial charge >= 0.3 is 28.4 Å². The fourth-order valence-corrected chi connectivity index (χ4v) is 16.0. The maximum atomic E-state index is 14.6. The minimum absolute atomic E-state index is 0.0267. The van der Waals surface area contributed by atoms with Gasteiger partial charge in [-0.15, -0.1) is 0 Å². The summed E-state index contributed by atoms with van der Waals surface area (Å²) in [5.74, 6) is -10.7. The predicted molar refractivity (Wildman–Crippen MR) is 463 cm³/mol. The highest BCUT2D eigenvalue weighted by molar-refractivity contribution is 5.80. The highest BCUT2D eigenvalue weighted by atomic mass is 19.3. The summed E-state index contributed by atoms with van der Waals surface area (Å²) in [6, 6.07) is 24.8. The van der Waals surface area contributed by atoms with E-state index in [0.29, 0.717) is 21.3 Å². The van der Waals surface area contributed by atoms with Crippen molar-refractivity contribution < 1.29 is 144 Å². The van der Waals surface area contributed by atoms with Gasteiger partial charge in [-0.3, -0.25) is 69.6 Å². The third-order valence-corrected chi connectivity index (χ3v) is 23.7. The number of aliphatic hydroxyl groups excluding tert-OH is 15. The van der Waals surface area contributed by atoms with Crippen LogP contribution in [-0.4, -0.2) is 252 Å². The van der Waals surface area contributed by atoms with Crippen molar-refractivity contribution in [3.05, 3.63) is 336 Å². The summed E-state index contributed by atoms with van der Waals surface area (Å²) in [6.45, 7) is -0.505. The zero-order valence-electron chi connectivity index (χ0n) is 74.0. The van der Waals surface area contributed by atoms with E-state index in [0.717, 1.165) is 73.3 Å². The van der Waals surface area contributed by atoms with Crippen LogP contribution in [0, 0.1) is 56.8 Å². The van der Waals surface area contributed by atoms with E-state index in [-0.39, 0.29) is 93.6 Å². The summed E-state index contributed by atoms with van der Waals surface area (Å²) >= 11 is 0. The maximum Gasteiger partial charge on any atom is 0.333 e. The van der Waals surface area contributed by atoms with E-state index >= 15 is 0 Å². The van der Waals surface area contributed by atoms with Crippen LogP contribution in [0.3, 0.4) is 0 Å².